The normalized spacial score (nSPS) is 21.8. The number of amides is 1. The van der Waals surface area contributed by atoms with Gasteiger partial charge in [0, 0.05) is 6.42 Å². The predicted molar refractivity (Wildman–Crippen MR) is 96.6 cm³/mol. The quantitative estimate of drug-likeness (QED) is 0.665. The molecule has 132 valence electrons. The molecule has 0 aliphatic carbocycles. The minimum atomic E-state index is -0.329. The second kappa shape index (κ2) is 6.24. The maximum Gasteiger partial charge on any atom is 0.256 e. The van der Waals surface area contributed by atoms with Crippen LogP contribution in [-0.4, -0.2) is 31.2 Å². The number of carbonyl (C=O) groups excluding carboxylic acids is 1. The van der Waals surface area contributed by atoms with Crippen LogP contribution in [0.4, 0.5) is 5.00 Å². The number of thiophene rings is 1. The summed E-state index contributed by atoms with van der Waals surface area (Å²) in [7, 11) is 2.18. The van der Waals surface area contributed by atoms with E-state index in [1.807, 2.05) is 6.92 Å². The van der Waals surface area contributed by atoms with E-state index in [0.717, 1.165) is 35.6 Å². The monoisotopic (exact) mass is 360 g/mol. The summed E-state index contributed by atoms with van der Waals surface area (Å²) in [6, 6.07) is 5.17. The summed E-state index contributed by atoms with van der Waals surface area (Å²) < 4.78 is 5.45. The summed E-state index contributed by atoms with van der Waals surface area (Å²) in [5.41, 5.74) is 2.87. The van der Waals surface area contributed by atoms with Gasteiger partial charge in [-0.1, -0.05) is 6.07 Å². The average molecular weight is 360 g/mol. The molecule has 25 heavy (non-hydrogen) atoms. The molecule has 0 spiro atoms. The molecule has 1 aromatic heterocycles. The number of ether oxygens (including phenoxy) is 1. The van der Waals surface area contributed by atoms with Gasteiger partial charge in [0.15, 0.2) is 11.5 Å². The maximum absolute atomic E-state index is 12.7. The molecule has 0 fully saturated rings. The summed E-state index contributed by atoms with van der Waals surface area (Å²) in [6.45, 7) is 4.37. The van der Waals surface area contributed by atoms with Crippen LogP contribution in [0.2, 0.25) is 0 Å². The highest BCUT2D eigenvalue weighted by atomic mass is 32.1. The van der Waals surface area contributed by atoms with Gasteiger partial charge in [0.1, 0.15) is 17.7 Å². The van der Waals surface area contributed by atoms with Crippen LogP contribution in [0.5, 0.6) is 11.5 Å². The molecule has 6 nitrogen and oxygen atoms in total. The van der Waals surface area contributed by atoms with Gasteiger partial charge in [-0.15, -0.1) is 11.3 Å². The van der Waals surface area contributed by atoms with Crippen molar-refractivity contribution < 1.29 is 19.5 Å². The Labute approximate surface area is 150 Å². The number of hydrogen-bond acceptors (Lipinski definition) is 5. The molecule has 1 unspecified atom stereocenters. The van der Waals surface area contributed by atoms with Gasteiger partial charge in [-0.3, -0.25) is 4.79 Å². The molecular formula is C18H22N3O3S+. The molecule has 0 radical (unpaired) electrons. The molecule has 7 heteroatoms. The third kappa shape index (κ3) is 2.83. The molecule has 1 aromatic carbocycles. The zero-order valence-electron chi connectivity index (χ0n) is 14.3. The Kier molecular flexibility index (Phi) is 4.05. The van der Waals surface area contributed by atoms with E-state index in [2.05, 4.69) is 17.7 Å². The third-order valence-corrected chi connectivity index (χ3v) is 5.91. The van der Waals surface area contributed by atoms with Crippen molar-refractivity contribution in [2.75, 3.05) is 25.5 Å². The summed E-state index contributed by atoms with van der Waals surface area (Å²) in [5.74, 6) is 0.505. The number of carbonyl (C=O) groups is 1. The molecular weight excluding hydrogens is 338 g/mol. The summed E-state index contributed by atoms with van der Waals surface area (Å²) >= 11 is 1.69. The van der Waals surface area contributed by atoms with E-state index in [1.54, 1.807) is 29.5 Å². The van der Waals surface area contributed by atoms with E-state index in [0.29, 0.717) is 12.4 Å². The summed E-state index contributed by atoms with van der Waals surface area (Å²) in [5, 5.41) is 17.3. The Hall–Kier alpha value is -2.25. The van der Waals surface area contributed by atoms with Crippen molar-refractivity contribution >= 4 is 22.2 Å². The van der Waals surface area contributed by atoms with Gasteiger partial charge in [-0.05, 0) is 30.2 Å². The van der Waals surface area contributed by atoms with Crippen LogP contribution in [0.25, 0.3) is 0 Å². The average Bonchev–Trinajstić information content (AvgIpc) is 2.94. The zero-order valence-corrected chi connectivity index (χ0v) is 15.1. The van der Waals surface area contributed by atoms with Crippen LogP contribution in [0.1, 0.15) is 39.5 Å². The first-order valence-corrected chi connectivity index (χ1v) is 9.37. The van der Waals surface area contributed by atoms with Gasteiger partial charge in [0.2, 0.25) is 0 Å². The zero-order chi connectivity index (χ0) is 17.6. The molecule has 1 amide bonds. The van der Waals surface area contributed by atoms with Crippen LogP contribution in [0.15, 0.2) is 18.2 Å². The number of nitrogens with one attached hydrogen (secondary N) is 3. The van der Waals surface area contributed by atoms with Gasteiger partial charge in [-0.2, -0.15) is 0 Å². The highest BCUT2D eigenvalue weighted by Crippen LogP contribution is 2.39. The maximum atomic E-state index is 12.7. The highest BCUT2D eigenvalue weighted by molar-refractivity contribution is 7.16. The van der Waals surface area contributed by atoms with Crippen molar-refractivity contribution in [3.05, 3.63) is 39.8 Å². The first kappa shape index (κ1) is 16.2. The number of rotatable bonds is 3. The first-order chi connectivity index (χ1) is 12.1. The minimum Gasteiger partial charge on any atom is -0.504 e. The molecule has 0 saturated heterocycles. The van der Waals surface area contributed by atoms with Crippen molar-refractivity contribution in [3.8, 4) is 11.5 Å². The summed E-state index contributed by atoms with van der Waals surface area (Å²) in [4.78, 5) is 15.5. The Morgan fingerprint density at radius 1 is 1.40 bits per heavy atom. The molecule has 0 saturated carbocycles. The van der Waals surface area contributed by atoms with Crippen molar-refractivity contribution in [1.29, 1.82) is 0 Å². The van der Waals surface area contributed by atoms with Crippen molar-refractivity contribution in [2.24, 2.45) is 0 Å². The van der Waals surface area contributed by atoms with E-state index < -0.39 is 0 Å². The van der Waals surface area contributed by atoms with Gasteiger partial charge < -0.3 is 25.4 Å². The topological polar surface area (TPSA) is 75.0 Å². The number of phenols is 1. The minimum absolute atomic E-state index is 0.0261. The Morgan fingerprint density at radius 2 is 2.24 bits per heavy atom. The fourth-order valence-electron chi connectivity index (χ4n) is 3.48. The van der Waals surface area contributed by atoms with Gasteiger partial charge in [0.05, 0.1) is 30.6 Å². The molecule has 2 aliphatic rings. The number of aromatic hydroxyl groups is 1. The van der Waals surface area contributed by atoms with Crippen molar-refractivity contribution in [1.82, 2.24) is 5.32 Å². The van der Waals surface area contributed by atoms with E-state index in [4.69, 9.17) is 4.74 Å². The number of likely N-dealkylation sites (N-methyl/N-ethyl adjacent to an activating group) is 1. The van der Waals surface area contributed by atoms with E-state index in [1.165, 1.54) is 15.3 Å². The lowest BCUT2D eigenvalue weighted by molar-refractivity contribution is -0.895. The van der Waals surface area contributed by atoms with E-state index >= 15 is 0 Å². The fraction of sp³-hybridized carbons (Fsp3) is 0.389. The molecule has 3 heterocycles. The van der Waals surface area contributed by atoms with Crippen LogP contribution in [-0.2, 0) is 13.0 Å². The molecule has 2 aliphatic heterocycles. The second-order valence-corrected chi connectivity index (χ2v) is 7.66. The number of anilines is 1. The number of fused-ring (bicyclic) bond motifs is 3. The number of hydrogen-bond donors (Lipinski definition) is 4. The van der Waals surface area contributed by atoms with Crippen LogP contribution in [0, 0.1) is 0 Å². The van der Waals surface area contributed by atoms with E-state index in [-0.39, 0.29) is 17.8 Å². The molecule has 4 N–H and O–H groups in total. The van der Waals surface area contributed by atoms with Crippen LogP contribution >= 0.6 is 11.3 Å². The lowest BCUT2D eigenvalue weighted by Gasteiger charge is -2.27. The molecule has 2 atom stereocenters. The second-order valence-electron chi connectivity index (χ2n) is 6.55. The first-order valence-electron chi connectivity index (χ1n) is 8.55. The summed E-state index contributed by atoms with van der Waals surface area (Å²) in [6.07, 6.45) is 0.616. The fourth-order valence-corrected chi connectivity index (χ4v) is 4.87. The predicted octanol–water partition coefficient (Wildman–Crippen LogP) is 1.28. The van der Waals surface area contributed by atoms with Crippen molar-refractivity contribution in [2.45, 2.75) is 26.1 Å². The SMILES string of the molecule is CCOc1cc([C@H]2NC(=O)c3c(sc4c3CC[NH+](C)C4)N2)ccc1O. The van der Waals surface area contributed by atoms with Gasteiger partial charge in [0.25, 0.3) is 5.91 Å². The van der Waals surface area contributed by atoms with Gasteiger partial charge >= 0.3 is 0 Å². The van der Waals surface area contributed by atoms with Crippen LogP contribution < -0.4 is 20.3 Å². The van der Waals surface area contributed by atoms with Crippen molar-refractivity contribution in [3.63, 3.8) is 0 Å². The third-order valence-electron chi connectivity index (χ3n) is 4.75. The van der Waals surface area contributed by atoms with E-state index in [9.17, 15) is 9.90 Å². The largest absolute Gasteiger partial charge is 0.504 e. The molecule has 0 bridgehead atoms. The Morgan fingerprint density at radius 3 is 3.04 bits per heavy atom. The van der Waals surface area contributed by atoms with Crippen LogP contribution in [0.3, 0.4) is 0 Å². The highest BCUT2D eigenvalue weighted by Gasteiger charge is 2.34. The lowest BCUT2D eigenvalue weighted by Crippen LogP contribution is -3.08. The Bertz CT molecular complexity index is 833. The number of benzene rings is 1. The number of phenolic OH excluding ortho intramolecular Hbond substituents is 1. The lowest BCUT2D eigenvalue weighted by atomic mass is 10.0. The Balaban J connectivity index is 1.66. The smallest absolute Gasteiger partial charge is 0.256 e. The molecule has 2 aromatic rings. The standard InChI is InChI=1S/C18H21N3O3S/c1-3-24-13-8-10(4-5-12(13)22)16-19-17(23)15-11-6-7-21(2)9-14(11)25-18(15)20-16/h4-5,8,16,20,22H,3,6-7,9H2,1-2H3,(H,19,23)/p+1/t16-/m0/s1. The molecule has 4 rings (SSSR count). The van der Waals surface area contributed by atoms with Gasteiger partial charge in [-0.25, -0.2) is 0 Å². The number of quaternary nitrogens is 1.